The van der Waals surface area contributed by atoms with Crippen LogP contribution in [-0.4, -0.2) is 15.3 Å². The molecule has 0 saturated heterocycles. The van der Waals surface area contributed by atoms with Crippen molar-refractivity contribution in [3.8, 4) is 5.75 Å². The number of halogens is 3. The van der Waals surface area contributed by atoms with Crippen LogP contribution in [0.5, 0.6) is 5.75 Å². The maximum Gasteiger partial charge on any atom is 0.274 e. The summed E-state index contributed by atoms with van der Waals surface area (Å²) < 4.78 is 24.4. The third-order valence-electron chi connectivity index (χ3n) is 1.54. The van der Waals surface area contributed by atoms with Crippen LogP contribution < -0.4 is 5.73 Å². The highest BCUT2D eigenvalue weighted by Crippen LogP contribution is 2.33. The van der Waals surface area contributed by atoms with Gasteiger partial charge in [-0.25, -0.2) is 13.8 Å². The number of aromatic hydroxyl groups is 1. The molecule has 1 rings (SSSR count). The molecule has 0 amide bonds. The van der Waals surface area contributed by atoms with E-state index < -0.39 is 34.4 Å². The molecular formula is C7H5ClF2N2O2. The zero-order valence-corrected chi connectivity index (χ0v) is 7.42. The van der Waals surface area contributed by atoms with Crippen LogP contribution >= 0.6 is 11.6 Å². The van der Waals surface area contributed by atoms with Crippen molar-refractivity contribution in [2.24, 2.45) is 0 Å². The molecule has 4 nitrogen and oxygen atoms in total. The van der Waals surface area contributed by atoms with E-state index in [1.54, 1.807) is 0 Å². The molecule has 0 radical (unpaired) electrons. The van der Waals surface area contributed by atoms with Crippen molar-refractivity contribution < 1.29 is 18.7 Å². The van der Waals surface area contributed by atoms with Gasteiger partial charge in [0.2, 0.25) is 0 Å². The summed E-state index contributed by atoms with van der Waals surface area (Å²) in [5.41, 5.74) is 3.39. The molecule has 0 aromatic carbocycles. The Morgan fingerprint density at radius 1 is 1.64 bits per heavy atom. The second-order valence-corrected chi connectivity index (χ2v) is 2.74. The number of nitrogens with zero attached hydrogens (tertiary/aromatic N) is 1. The number of alkyl halides is 2. The van der Waals surface area contributed by atoms with E-state index in [1.807, 2.05) is 0 Å². The van der Waals surface area contributed by atoms with Crippen LogP contribution in [0.2, 0.25) is 0 Å². The van der Waals surface area contributed by atoms with Crippen LogP contribution in [0.4, 0.5) is 14.5 Å². The minimum absolute atomic E-state index is 0.534. The molecule has 0 aliphatic heterocycles. The van der Waals surface area contributed by atoms with E-state index >= 15 is 0 Å². The number of carbonyl (C=O) groups excluding carboxylic acids is 1. The van der Waals surface area contributed by atoms with E-state index in [9.17, 15) is 18.7 Å². The minimum atomic E-state index is -2.87. The number of hydrogen-bond acceptors (Lipinski definition) is 4. The number of carbonyl (C=O) groups is 1. The lowest BCUT2D eigenvalue weighted by atomic mass is 10.2. The van der Waals surface area contributed by atoms with Crippen LogP contribution in [0, 0.1) is 0 Å². The Morgan fingerprint density at radius 2 is 2.21 bits per heavy atom. The lowest BCUT2D eigenvalue weighted by Crippen LogP contribution is -2.02. The SMILES string of the molecule is Nc1c(C(F)F)cnc(C(=O)Cl)c1O. The number of pyridine rings is 1. The molecule has 14 heavy (non-hydrogen) atoms. The highest BCUT2D eigenvalue weighted by Gasteiger charge is 2.20. The first-order chi connectivity index (χ1) is 6.45. The molecule has 7 heteroatoms. The van der Waals surface area contributed by atoms with Crippen molar-refractivity contribution in [2.45, 2.75) is 6.43 Å². The number of aromatic nitrogens is 1. The normalized spacial score (nSPS) is 10.6. The Kier molecular flexibility index (Phi) is 2.85. The lowest BCUT2D eigenvalue weighted by molar-refractivity contribution is 0.107. The Bertz CT molecular complexity index is 384. The van der Waals surface area contributed by atoms with Crippen LogP contribution in [0.3, 0.4) is 0 Å². The van der Waals surface area contributed by atoms with Gasteiger partial charge < -0.3 is 10.8 Å². The molecule has 1 aromatic rings. The maximum atomic E-state index is 12.2. The Balaban J connectivity index is 3.33. The van der Waals surface area contributed by atoms with Crippen molar-refractivity contribution in [1.29, 1.82) is 0 Å². The monoisotopic (exact) mass is 222 g/mol. The van der Waals surface area contributed by atoms with Crippen molar-refractivity contribution >= 4 is 22.5 Å². The first kappa shape index (κ1) is 10.6. The predicted octanol–water partition coefficient (Wildman–Crippen LogP) is 1.69. The molecule has 1 aromatic heterocycles. The van der Waals surface area contributed by atoms with Gasteiger partial charge >= 0.3 is 0 Å². The Labute approximate surface area is 82.3 Å². The number of rotatable bonds is 2. The molecule has 0 saturated carbocycles. The molecule has 0 atom stereocenters. The minimum Gasteiger partial charge on any atom is -0.504 e. The summed E-state index contributed by atoms with van der Waals surface area (Å²) in [5, 5.41) is 8.11. The quantitative estimate of drug-likeness (QED) is 0.747. The molecule has 0 unspecified atom stereocenters. The summed E-state index contributed by atoms with van der Waals surface area (Å²) in [7, 11) is 0. The molecule has 0 aliphatic rings. The van der Waals surface area contributed by atoms with Gasteiger partial charge in [0.1, 0.15) is 0 Å². The van der Waals surface area contributed by atoms with E-state index in [1.165, 1.54) is 0 Å². The van der Waals surface area contributed by atoms with E-state index in [-0.39, 0.29) is 0 Å². The third kappa shape index (κ3) is 1.74. The Morgan fingerprint density at radius 3 is 2.64 bits per heavy atom. The fourth-order valence-electron chi connectivity index (χ4n) is 0.847. The maximum absolute atomic E-state index is 12.2. The fourth-order valence-corrected chi connectivity index (χ4v) is 0.985. The first-order valence-electron chi connectivity index (χ1n) is 3.40. The zero-order chi connectivity index (χ0) is 10.9. The third-order valence-corrected chi connectivity index (χ3v) is 1.72. The zero-order valence-electron chi connectivity index (χ0n) is 6.67. The van der Waals surface area contributed by atoms with Crippen LogP contribution in [0.25, 0.3) is 0 Å². The average molecular weight is 223 g/mol. The standard InChI is InChI=1S/C7H5ClF2N2O2/c8-6(14)4-5(13)3(11)2(1-12-4)7(9)10/h1,7,13H,(H2,11,12). The molecule has 0 spiro atoms. The predicted molar refractivity (Wildman–Crippen MR) is 45.5 cm³/mol. The molecule has 1 heterocycles. The summed E-state index contributed by atoms with van der Waals surface area (Å²) >= 11 is 5.01. The first-order valence-corrected chi connectivity index (χ1v) is 3.78. The van der Waals surface area contributed by atoms with E-state index in [0.717, 1.165) is 0 Å². The fraction of sp³-hybridized carbons (Fsp3) is 0.143. The number of hydrogen-bond donors (Lipinski definition) is 2. The molecule has 0 fully saturated rings. The second-order valence-electron chi connectivity index (χ2n) is 2.40. The van der Waals surface area contributed by atoms with Gasteiger partial charge in [0.15, 0.2) is 11.4 Å². The van der Waals surface area contributed by atoms with Gasteiger partial charge in [-0.05, 0) is 11.6 Å². The van der Waals surface area contributed by atoms with Crippen molar-refractivity contribution in [1.82, 2.24) is 4.98 Å². The highest BCUT2D eigenvalue weighted by atomic mass is 35.5. The molecule has 0 aliphatic carbocycles. The average Bonchev–Trinajstić information content (AvgIpc) is 2.08. The van der Waals surface area contributed by atoms with Gasteiger partial charge in [0, 0.05) is 6.20 Å². The summed E-state index contributed by atoms with van der Waals surface area (Å²) in [6.45, 7) is 0. The van der Waals surface area contributed by atoms with Gasteiger partial charge in [0.25, 0.3) is 11.7 Å². The molecule has 76 valence electrons. The van der Waals surface area contributed by atoms with Gasteiger partial charge in [-0.15, -0.1) is 0 Å². The summed E-state index contributed by atoms with van der Waals surface area (Å²) in [6.07, 6.45) is -2.16. The van der Waals surface area contributed by atoms with Crippen molar-refractivity contribution in [3.05, 3.63) is 17.5 Å². The molecule has 3 N–H and O–H groups in total. The number of nitrogen functional groups attached to an aromatic ring is 1. The van der Waals surface area contributed by atoms with E-state index in [0.29, 0.717) is 6.20 Å². The van der Waals surface area contributed by atoms with Crippen LogP contribution in [-0.2, 0) is 0 Å². The smallest absolute Gasteiger partial charge is 0.274 e. The van der Waals surface area contributed by atoms with E-state index in [4.69, 9.17) is 17.3 Å². The van der Waals surface area contributed by atoms with Gasteiger partial charge in [-0.2, -0.15) is 0 Å². The Hall–Kier alpha value is -1.43. The second kappa shape index (κ2) is 3.75. The summed E-state index contributed by atoms with van der Waals surface area (Å²) in [6, 6.07) is 0. The number of nitrogens with two attached hydrogens (primary N) is 1. The highest BCUT2D eigenvalue weighted by molar-refractivity contribution is 6.67. The van der Waals surface area contributed by atoms with Gasteiger partial charge in [-0.3, -0.25) is 4.79 Å². The largest absolute Gasteiger partial charge is 0.504 e. The number of anilines is 1. The van der Waals surface area contributed by atoms with Gasteiger partial charge in [0.05, 0.1) is 11.3 Å². The lowest BCUT2D eigenvalue weighted by Gasteiger charge is -2.07. The van der Waals surface area contributed by atoms with Crippen LogP contribution in [0.1, 0.15) is 22.5 Å². The summed E-state index contributed by atoms with van der Waals surface area (Å²) in [5.74, 6) is -0.817. The topological polar surface area (TPSA) is 76.2 Å². The summed E-state index contributed by atoms with van der Waals surface area (Å²) in [4.78, 5) is 13.9. The van der Waals surface area contributed by atoms with Crippen LogP contribution in [0.15, 0.2) is 6.20 Å². The van der Waals surface area contributed by atoms with Crippen molar-refractivity contribution in [3.63, 3.8) is 0 Å². The molecule has 0 bridgehead atoms. The van der Waals surface area contributed by atoms with Gasteiger partial charge in [-0.1, -0.05) is 0 Å². The van der Waals surface area contributed by atoms with Crippen molar-refractivity contribution in [2.75, 3.05) is 5.73 Å². The van der Waals surface area contributed by atoms with E-state index in [2.05, 4.69) is 4.98 Å². The molecular weight excluding hydrogens is 218 g/mol.